The normalized spacial score (nSPS) is 29.1. The van der Waals surface area contributed by atoms with E-state index in [0.29, 0.717) is 0 Å². The molecule has 2 amide bonds. The lowest BCUT2D eigenvalue weighted by molar-refractivity contribution is -0.132. The van der Waals surface area contributed by atoms with Crippen molar-refractivity contribution < 1.29 is 9.59 Å². The molecule has 16 heavy (non-hydrogen) atoms. The Morgan fingerprint density at radius 3 is 2.75 bits per heavy atom. The second-order valence-corrected chi connectivity index (χ2v) is 4.26. The van der Waals surface area contributed by atoms with E-state index in [1.54, 1.807) is 11.9 Å². The van der Waals surface area contributed by atoms with Gasteiger partial charge in [0, 0.05) is 13.6 Å². The molecule has 0 aromatic rings. The fourth-order valence-electron chi connectivity index (χ4n) is 2.14. The lowest BCUT2D eigenvalue weighted by Gasteiger charge is -2.15. The van der Waals surface area contributed by atoms with Crippen LogP contribution < -0.4 is 10.6 Å². The van der Waals surface area contributed by atoms with E-state index in [4.69, 9.17) is 0 Å². The third-order valence-electron chi connectivity index (χ3n) is 3.12. The van der Waals surface area contributed by atoms with Gasteiger partial charge < -0.3 is 15.5 Å². The highest BCUT2D eigenvalue weighted by atomic mass is 35.5. The summed E-state index contributed by atoms with van der Waals surface area (Å²) in [5.74, 6) is 0.00231. The molecule has 2 aliphatic heterocycles. The maximum atomic E-state index is 11.7. The van der Waals surface area contributed by atoms with Crippen LogP contribution in [-0.4, -0.2) is 48.9 Å². The van der Waals surface area contributed by atoms with Crippen LogP contribution in [0.3, 0.4) is 0 Å². The molecule has 2 rings (SSSR count). The van der Waals surface area contributed by atoms with Crippen molar-refractivity contribution in [3.05, 3.63) is 0 Å². The molecular formula is C10H18ClN3O2. The van der Waals surface area contributed by atoms with E-state index in [1.165, 1.54) is 0 Å². The molecule has 2 N–H and O–H groups in total. The van der Waals surface area contributed by atoms with Gasteiger partial charge in [0.25, 0.3) is 0 Å². The number of nitrogens with one attached hydrogen (secondary N) is 2. The second kappa shape index (κ2) is 5.50. The molecule has 2 unspecified atom stereocenters. The number of amides is 2. The first-order chi connectivity index (χ1) is 7.18. The van der Waals surface area contributed by atoms with E-state index >= 15 is 0 Å². The molecule has 0 aliphatic carbocycles. The lowest BCUT2D eigenvalue weighted by Crippen LogP contribution is -2.47. The van der Waals surface area contributed by atoms with Gasteiger partial charge >= 0.3 is 0 Å². The molecule has 2 heterocycles. The zero-order chi connectivity index (χ0) is 10.8. The highest BCUT2D eigenvalue weighted by molar-refractivity contribution is 5.90. The van der Waals surface area contributed by atoms with E-state index in [-0.39, 0.29) is 36.3 Å². The van der Waals surface area contributed by atoms with Crippen molar-refractivity contribution in [2.45, 2.75) is 31.3 Å². The van der Waals surface area contributed by atoms with Gasteiger partial charge in [0.15, 0.2) is 0 Å². The molecule has 2 fully saturated rings. The molecule has 5 nitrogen and oxygen atoms in total. The van der Waals surface area contributed by atoms with Gasteiger partial charge in [-0.2, -0.15) is 0 Å². The summed E-state index contributed by atoms with van der Waals surface area (Å²) in [6, 6.07) is -0.395. The van der Waals surface area contributed by atoms with Crippen molar-refractivity contribution in [3.63, 3.8) is 0 Å². The molecule has 0 spiro atoms. The summed E-state index contributed by atoms with van der Waals surface area (Å²) < 4.78 is 0. The van der Waals surface area contributed by atoms with Crippen LogP contribution in [0.4, 0.5) is 0 Å². The molecule has 6 heteroatoms. The molecule has 0 aromatic carbocycles. The SMILES string of the molecule is CN1CCC(NC(=O)C2CCCN2)C1=O.Cl. The Bertz CT molecular complexity index is 279. The summed E-state index contributed by atoms with van der Waals surface area (Å²) in [4.78, 5) is 24.9. The van der Waals surface area contributed by atoms with Crippen LogP contribution >= 0.6 is 12.4 Å². The second-order valence-electron chi connectivity index (χ2n) is 4.26. The van der Waals surface area contributed by atoms with Crippen molar-refractivity contribution in [2.24, 2.45) is 0 Å². The van der Waals surface area contributed by atoms with Gasteiger partial charge in [0.05, 0.1) is 6.04 Å². The van der Waals surface area contributed by atoms with E-state index < -0.39 is 0 Å². The maximum Gasteiger partial charge on any atom is 0.244 e. The lowest BCUT2D eigenvalue weighted by atomic mass is 10.2. The molecule has 2 saturated heterocycles. The number of carbonyl (C=O) groups is 2. The topological polar surface area (TPSA) is 61.4 Å². The summed E-state index contributed by atoms with van der Waals surface area (Å²) in [6.45, 7) is 1.64. The largest absolute Gasteiger partial charge is 0.344 e. The number of carbonyl (C=O) groups excluding carboxylic acids is 2. The van der Waals surface area contributed by atoms with Crippen LogP contribution in [0.15, 0.2) is 0 Å². The van der Waals surface area contributed by atoms with Crippen LogP contribution in [0.5, 0.6) is 0 Å². The average molecular weight is 248 g/mol. The minimum absolute atomic E-state index is 0. The number of rotatable bonds is 2. The van der Waals surface area contributed by atoms with Gasteiger partial charge in [0.2, 0.25) is 11.8 Å². The number of likely N-dealkylation sites (tertiary alicyclic amines) is 1. The minimum atomic E-state index is -0.301. The van der Waals surface area contributed by atoms with Crippen LogP contribution in [0.25, 0.3) is 0 Å². The van der Waals surface area contributed by atoms with Gasteiger partial charge in [-0.15, -0.1) is 12.4 Å². The van der Waals surface area contributed by atoms with Crippen molar-refractivity contribution in [1.29, 1.82) is 0 Å². The molecular weight excluding hydrogens is 230 g/mol. The average Bonchev–Trinajstić information content (AvgIpc) is 2.83. The summed E-state index contributed by atoms with van der Waals surface area (Å²) in [5, 5.41) is 5.93. The van der Waals surface area contributed by atoms with E-state index in [1.807, 2.05) is 0 Å². The molecule has 2 aliphatic rings. The van der Waals surface area contributed by atoms with Gasteiger partial charge in [-0.1, -0.05) is 0 Å². The van der Waals surface area contributed by atoms with Crippen molar-refractivity contribution >= 4 is 24.2 Å². The third kappa shape index (κ3) is 2.65. The predicted molar refractivity (Wildman–Crippen MR) is 62.5 cm³/mol. The molecule has 92 valence electrons. The number of hydrogen-bond donors (Lipinski definition) is 2. The van der Waals surface area contributed by atoms with Gasteiger partial charge in [0.1, 0.15) is 6.04 Å². The molecule has 2 atom stereocenters. The van der Waals surface area contributed by atoms with Crippen LogP contribution in [0.2, 0.25) is 0 Å². The Kier molecular flexibility index (Phi) is 4.56. The Hall–Kier alpha value is -0.810. The van der Waals surface area contributed by atoms with Gasteiger partial charge in [-0.25, -0.2) is 0 Å². The van der Waals surface area contributed by atoms with Crippen molar-refractivity contribution in [3.8, 4) is 0 Å². The smallest absolute Gasteiger partial charge is 0.244 e. The quantitative estimate of drug-likeness (QED) is 0.692. The van der Waals surface area contributed by atoms with Crippen LogP contribution in [0.1, 0.15) is 19.3 Å². The Labute approximate surface area is 101 Å². The Morgan fingerprint density at radius 2 is 2.25 bits per heavy atom. The molecule has 0 bridgehead atoms. The molecule has 0 aromatic heterocycles. The Balaban J connectivity index is 0.00000128. The summed E-state index contributed by atoms with van der Waals surface area (Å²) >= 11 is 0. The summed E-state index contributed by atoms with van der Waals surface area (Å²) in [7, 11) is 1.77. The van der Waals surface area contributed by atoms with E-state index in [9.17, 15) is 9.59 Å². The zero-order valence-electron chi connectivity index (χ0n) is 9.36. The van der Waals surface area contributed by atoms with Gasteiger partial charge in [-0.3, -0.25) is 9.59 Å². The number of halogens is 1. The zero-order valence-corrected chi connectivity index (χ0v) is 10.2. The third-order valence-corrected chi connectivity index (χ3v) is 3.12. The first-order valence-corrected chi connectivity index (χ1v) is 5.47. The first-order valence-electron chi connectivity index (χ1n) is 5.47. The summed E-state index contributed by atoms with van der Waals surface area (Å²) in [5.41, 5.74) is 0. The Morgan fingerprint density at radius 1 is 1.50 bits per heavy atom. The van der Waals surface area contributed by atoms with E-state index in [0.717, 1.165) is 32.4 Å². The van der Waals surface area contributed by atoms with Crippen molar-refractivity contribution in [1.82, 2.24) is 15.5 Å². The highest BCUT2D eigenvalue weighted by Gasteiger charge is 2.32. The van der Waals surface area contributed by atoms with E-state index in [2.05, 4.69) is 10.6 Å². The number of nitrogens with zero attached hydrogens (tertiary/aromatic N) is 1. The van der Waals surface area contributed by atoms with Crippen LogP contribution in [-0.2, 0) is 9.59 Å². The van der Waals surface area contributed by atoms with Crippen LogP contribution in [0, 0.1) is 0 Å². The monoisotopic (exact) mass is 247 g/mol. The number of likely N-dealkylation sites (N-methyl/N-ethyl adjacent to an activating group) is 1. The molecule has 0 radical (unpaired) electrons. The number of hydrogen-bond acceptors (Lipinski definition) is 3. The maximum absolute atomic E-state index is 11.7. The standard InChI is InChI=1S/C10H17N3O2.ClH/c1-13-6-4-8(10(13)15)12-9(14)7-3-2-5-11-7;/h7-8,11H,2-6H2,1H3,(H,12,14);1H. The minimum Gasteiger partial charge on any atom is -0.344 e. The predicted octanol–water partition coefficient (Wildman–Crippen LogP) is -0.493. The molecule has 0 saturated carbocycles. The fraction of sp³-hybridized carbons (Fsp3) is 0.800. The summed E-state index contributed by atoms with van der Waals surface area (Å²) in [6.07, 6.45) is 2.65. The van der Waals surface area contributed by atoms with Crippen molar-refractivity contribution in [2.75, 3.05) is 20.1 Å². The highest BCUT2D eigenvalue weighted by Crippen LogP contribution is 2.10. The fourth-order valence-corrected chi connectivity index (χ4v) is 2.14. The van der Waals surface area contributed by atoms with Gasteiger partial charge in [-0.05, 0) is 25.8 Å². The first kappa shape index (κ1) is 13.3.